The van der Waals surface area contributed by atoms with Crippen LogP contribution in [0.2, 0.25) is 0 Å². The zero-order valence-electron chi connectivity index (χ0n) is 11.3. The normalized spacial score (nSPS) is 13.2. The second kappa shape index (κ2) is 6.16. The van der Waals surface area contributed by atoms with Gasteiger partial charge in [0.1, 0.15) is 0 Å². The average molecular weight is 285 g/mol. The van der Waals surface area contributed by atoms with E-state index >= 15 is 0 Å². The van der Waals surface area contributed by atoms with E-state index in [1.165, 1.54) is 0 Å². The van der Waals surface area contributed by atoms with Gasteiger partial charge in [0.15, 0.2) is 0 Å². The second-order valence-corrected chi connectivity index (χ2v) is 6.44. The van der Waals surface area contributed by atoms with Gasteiger partial charge in [-0.3, -0.25) is 4.79 Å². The van der Waals surface area contributed by atoms with Gasteiger partial charge in [-0.05, 0) is 43.5 Å². The SMILES string of the molecule is Cc1ccc(S(=O)(=O)NCCC(C)C(=O)O)cc1C. The van der Waals surface area contributed by atoms with Crippen LogP contribution in [-0.4, -0.2) is 26.0 Å². The zero-order valence-corrected chi connectivity index (χ0v) is 12.1. The number of aryl methyl sites for hydroxylation is 2. The second-order valence-electron chi connectivity index (χ2n) is 4.67. The molecule has 0 radical (unpaired) electrons. The standard InChI is InChI=1S/C13H19NO4S/c1-9-4-5-12(8-11(9)3)19(17,18)14-7-6-10(2)13(15)16/h4-5,8,10,14H,6-7H2,1-3H3,(H,15,16). The Bertz CT molecular complexity index is 566. The Balaban J connectivity index is 2.71. The van der Waals surface area contributed by atoms with Crippen molar-refractivity contribution in [3.8, 4) is 0 Å². The minimum absolute atomic E-state index is 0.114. The summed E-state index contributed by atoms with van der Waals surface area (Å²) in [4.78, 5) is 10.8. The molecule has 0 heterocycles. The molecule has 2 N–H and O–H groups in total. The van der Waals surface area contributed by atoms with Gasteiger partial charge in [-0.2, -0.15) is 0 Å². The minimum Gasteiger partial charge on any atom is -0.481 e. The molecule has 6 heteroatoms. The summed E-state index contributed by atoms with van der Waals surface area (Å²) in [7, 11) is -3.56. The van der Waals surface area contributed by atoms with Crippen LogP contribution in [0.1, 0.15) is 24.5 Å². The van der Waals surface area contributed by atoms with Crippen LogP contribution in [0, 0.1) is 19.8 Å². The lowest BCUT2D eigenvalue weighted by Gasteiger charge is -2.10. The van der Waals surface area contributed by atoms with Crippen molar-refractivity contribution >= 4 is 16.0 Å². The summed E-state index contributed by atoms with van der Waals surface area (Å²) in [5.41, 5.74) is 1.93. The summed E-state index contributed by atoms with van der Waals surface area (Å²) in [5.74, 6) is -1.49. The zero-order chi connectivity index (χ0) is 14.6. The van der Waals surface area contributed by atoms with Crippen LogP contribution in [0.5, 0.6) is 0 Å². The van der Waals surface area contributed by atoms with Gasteiger partial charge in [0.25, 0.3) is 0 Å². The molecular weight excluding hydrogens is 266 g/mol. The fourth-order valence-electron chi connectivity index (χ4n) is 1.50. The van der Waals surface area contributed by atoms with Crippen molar-refractivity contribution in [1.82, 2.24) is 4.72 Å². The Labute approximate surface area is 113 Å². The molecule has 1 aromatic carbocycles. The number of benzene rings is 1. The van der Waals surface area contributed by atoms with Crippen LogP contribution in [0.4, 0.5) is 0 Å². The molecule has 106 valence electrons. The summed E-state index contributed by atoms with van der Waals surface area (Å²) >= 11 is 0. The number of hydrogen-bond donors (Lipinski definition) is 2. The van der Waals surface area contributed by atoms with Crippen molar-refractivity contribution < 1.29 is 18.3 Å². The van der Waals surface area contributed by atoms with Crippen LogP contribution in [0.15, 0.2) is 23.1 Å². The van der Waals surface area contributed by atoms with E-state index in [0.29, 0.717) is 0 Å². The van der Waals surface area contributed by atoms with Crippen molar-refractivity contribution in [2.75, 3.05) is 6.54 Å². The monoisotopic (exact) mass is 285 g/mol. The van der Waals surface area contributed by atoms with Crippen molar-refractivity contribution in [2.24, 2.45) is 5.92 Å². The van der Waals surface area contributed by atoms with E-state index in [2.05, 4.69) is 4.72 Å². The van der Waals surface area contributed by atoms with Crippen LogP contribution in [0.25, 0.3) is 0 Å². The molecule has 0 spiro atoms. The highest BCUT2D eigenvalue weighted by Gasteiger charge is 2.16. The van der Waals surface area contributed by atoms with Gasteiger partial charge in [-0.25, -0.2) is 13.1 Å². The summed E-state index contributed by atoms with van der Waals surface area (Å²) in [6.45, 7) is 5.42. The first-order chi connectivity index (χ1) is 8.74. The van der Waals surface area contributed by atoms with Crippen LogP contribution in [-0.2, 0) is 14.8 Å². The Morgan fingerprint density at radius 3 is 2.47 bits per heavy atom. The van der Waals surface area contributed by atoms with Gasteiger partial charge in [0.2, 0.25) is 10.0 Å². The lowest BCUT2D eigenvalue weighted by atomic mass is 10.1. The van der Waals surface area contributed by atoms with Crippen LogP contribution in [0.3, 0.4) is 0 Å². The molecule has 0 aromatic heterocycles. The fourth-order valence-corrected chi connectivity index (χ4v) is 2.63. The number of aliphatic carboxylic acids is 1. The molecule has 0 saturated heterocycles. The lowest BCUT2D eigenvalue weighted by molar-refractivity contribution is -0.141. The molecule has 0 bridgehead atoms. The Hall–Kier alpha value is -1.40. The number of carboxylic acid groups (broad SMARTS) is 1. The molecule has 0 amide bonds. The first kappa shape index (κ1) is 15.7. The van der Waals surface area contributed by atoms with Gasteiger partial charge in [0, 0.05) is 6.54 Å². The molecule has 1 aromatic rings. The maximum absolute atomic E-state index is 12.0. The number of hydrogen-bond acceptors (Lipinski definition) is 3. The number of sulfonamides is 1. The predicted octanol–water partition coefficient (Wildman–Crippen LogP) is 1.69. The first-order valence-corrected chi connectivity index (χ1v) is 7.52. The molecule has 0 aliphatic carbocycles. The maximum Gasteiger partial charge on any atom is 0.306 e. The molecule has 1 unspecified atom stereocenters. The molecule has 19 heavy (non-hydrogen) atoms. The van der Waals surface area contributed by atoms with Crippen molar-refractivity contribution in [1.29, 1.82) is 0 Å². The smallest absolute Gasteiger partial charge is 0.306 e. The first-order valence-electron chi connectivity index (χ1n) is 6.04. The largest absolute Gasteiger partial charge is 0.481 e. The highest BCUT2D eigenvalue weighted by atomic mass is 32.2. The van der Waals surface area contributed by atoms with Gasteiger partial charge in [0.05, 0.1) is 10.8 Å². The van der Waals surface area contributed by atoms with E-state index in [4.69, 9.17) is 5.11 Å². The number of carbonyl (C=O) groups is 1. The summed E-state index contributed by atoms with van der Waals surface area (Å²) in [6.07, 6.45) is 0.263. The number of nitrogens with one attached hydrogen (secondary N) is 1. The van der Waals surface area contributed by atoms with Crippen molar-refractivity contribution in [3.05, 3.63) is 29.3 Å². The maximum atomic E-state index is 12.0. The van der Waals surface area contributed by atoms with Crippen molar-refractivity contribution in [3.63, 3.8) is 0 Å². The molecule has 5 nitrogen and oxygen atoms in total. The average Bonchev–Trinajstić information content (AvgIpc) is 2.32. The third-order valence-corrected chi connectivity index (χ3v) is 4.54. The quantitative estimate of drug-likeness (QED) is 0.833. The van der Waals surface area contributed by atoms with Crippen LogP contribution < -0.4 is 4.72 Å². The number of rotatable bonds is 6. The molecule has 0 saturated carbocycles. The van der Waals surface area contributed by atoms with Gasteiger partial charge in [-0.1, -0.05) is 13.0 Å². The fraction of sp³-hybridized carbons (Fsp3) is 0.462. The van der Waals surface area contributed by atoms with Gasteiger partial charge < -0.3 is 5.11 Å². The van der Waals surface area contributed by atoms with Crippen molar-refractivity contribution in [2.45, 2.75) is 32.1 Å². The van der Waals surface area contributed by atoms with Gasteiger partial charge in [-0.15, -0.1) is 0 Å². The molecule has 0 aliphatic rings. The third kappa shape index (κ3) is 4.33. The van der Waals surface area contributed by atoms with E-state index in [0.717, 1.165) is 11.1 Å². The molecule has 0 fully saturated rings. The molecule has 1 atom stereocenters. The van der Waals surface area contributed by atoms with E-state index in [1.54, 1.807) is 25.1 Å². The van der Waals surface area contributed by atoms with E-state index in [9.17, 15) is 13.2 Å². The molecule has 0 aliphatic heterocycles. The summed E-state index contributed by atoms with van der Waals surface area (Å²) in [6, 6.07) is 4.91. The molecular formula is C13H19NO4S. The van der Waals surface area contributed by atoms with Gasteiger partial charge >= 0.3 is 5.97 Å². The third-order valence-electron chi connectivity index (χ3n) is 3.08. The topological polar surface area (TPSA) is 83.5 Å². The Morgan fingerprint density at radius 1 is 1.32 bits per heavy atom. The summed E-state index contributed by atoms with van der Waals surface area (Å²) < 4.78 is 26.4. The Kier molecular flexibility index (Phi) is 5.08. The number of carboxylic acids is 1. The molecule has 1 rings (SSSR count). The highest BCUT2D eigenvalue weighted by molar-refractivity contribution is 7.89. The van der Waals surface area contributed by atoms with Crippen LogP contribution >= 0.6 is 0 Å². The minimum atomic E-state index is -3.56. The Morgan fingerprint density at radius 2 is 1.95 bits per heavy atom. The van der Waals surface area contributed by atoms with E-state index in [1.807, 2.05) is 13.8 Å². The van der Waals surface area contributed by atoms with E-state index in [-0.39, 0.29) is 17.9 Å². The van der Waals surface area contributed by atoms with E-state index < -0.39 is 21.9 Å². The predicted molar refractivity (Wildman–Crippen MR) is 72.5 cm³/mol. The lowest BCUT2D eigenvalue weighted by Crippen LogP contribution is -2.27. The highest BCUT2D eigenvalue weighted by Crippen LogP contribution is 2.14. The summed E-state index contributed by atoms with van der Waals surface area (Å²) in [5, 5.41) is 8.72.